The van der Waals surface area contributed by atoms with Gasteiger partial charge in [-0.05, 0) is 43.7 Å². The summed E-state index contributed by atoms with van der Waals surface area (Å²) in [6.07, 6.45) is 5.73. The molecule has 1 atom stereocenters. The molecule has 3 rings (SSSR count). The lowest BCUT2D eigenvalue weighted by atomic mass is 9.56. The summed E-state index contributed by atoms with van der Waals surface area (Å²) in [5, 5.41) is 3.57. The van der Waals surface area contributed by atoms with Crippen LogP contribution in [0, 0.1) is 12.3 Å². The largest absolute Gasteiger partial charge is 0.316 e. The van der Waals surface area contributed by atoms with E-state index in [2.05, 4.69) is 36.5 Å². The second-order valence-corrected chi connectivity index (χ2v) is 5.63. The maximum Gasteiger partial charge on any atom is 0.00255 e. The lowest BCUT2D eigenvalue weighted by Gasteiger charge is -2.51. The fraction of sp³-hybridized carbons (Fsp3) is 0.600. The monoisotopic (exact) mass is 215 g/mol. The van der Waals surface area contributed by atoms with Gasteiger partial charge in [0, 0.05) is 12.5 Å². The first-order valence-electron chi connectivity index (χ1n) is 6.57. The van der Waals surface area contributed by atoms with E-state index in [0.29, 0.717) is 5.41 Å². The first-order chi connectivity index (χ1) is 7.80. The lowest BCUT2D eigenvalue weighted by molar-refractivity contribution is 0.0580. The fourth-order valence-electron chi connectivity index (χ4n) is 3.47. The maximum atomic E-state index is 3.57. The third kappa shape index (κ3) is 1.58. The minimum Gasteiger partial charge on any atom is -0.316 e. The molecule has 16 heavy (non-hydrogen) atoms. The van der Waals surface area contributed by atoms with Crippen molar-refractivity contribution in [1.29, 1.82) is 0 Å². The SMILES string of the molecule is Cc1ccc(C2CNCCC23CCC3)cc1. The Balaban J connectivity index is 1.89. The van der Waals surface area contributed by atoms with Crippen LogP contribution < -0.4 is 5.32 Å². The number of benzene rings is 1. The predicted molar refractivity (Wildman–Crippen MR) is 67.7 cm³/mol. The van der Waals surface area contributed by atoms with E-state index in [0.717, 1.165) is 5.92 Å². The summed E-state index contributed by atoms with van der Waals surface area (Å²) < 4.78 is 0. The van der Waals surface area contributed by atoms with Gasteiger partial charge in [-0.15, -0.1) is 0 Å². The second-order valence-electron chi connectivity index (χ2n) is 5.63. The average molecular weight is 215 g/mol. The molecule has 1 aliphatic heterocycles. The van der Waals surface area contributed by atoms with Crippen molar-refractivity contribution in [3.05, 3.63) is 35.4 Å². The van der Waals surface area contributed by atoms with Crippen LogP contribution in [0.1, 0.15) is 42.7 Å². The fourth-order valence-corrected chi connectivity index (χ4v) is 3.47. The van der Waals surface area contributed by atoms with Crippen LogP contribution in [0.15, 0.2) is 24.3 Å². The summed E-state index contributed by atoms with van der Waals surface area (Å²) >= 11 is 0. The van der Waals surface area contributed by atoms with Gasteiger partial charge >= 0.3 is 0 Å². The molecule has 1 unspecified atom stereocenters. The summed E-state index contributed by atoms with van der Waals surface area (Å²) in [6, 6.07) is 9.20. The molecular formula is C15H21N. The van der Waals surface area contributed by atoms with Crippen LogP contribution in [-0.2, 0) is 0 Å². The zero-order chi connectivity index (χ0) is 11.0. The van der Waals surface area contributed by atoms with E-state index in [1.165, 1.54) is 44.3 Å². The molecule has 1 heterocycles. The highest BCUT2D eigenvalue weighted by Crippen LogP contribution is 2.54. The molecule has 0 aromatic heterocycles. The number of rotatable bonds is 1. The van der Waals surface area contributed by atoms with Crippen LogP contribution in [0.3, 0.4) is 0 Å². The molecule has 1 aliphatic carbocycles. The zero-order valence-corrected chi connectivity index (χ0v) is 10.1. The van der Waals surface area contributed by atoms with Gasteiger partial charge in [0.2, 0.25) is 0 Å². The molecule has 0 bridgehead atoms. The van der Waals surface area contributed by atoms with Gasteiger partial charge in [-0.3, -0.25) is 0 Å². The van der Waals surface area contributed by atoms with Gasteiger partial charge in [0.25, 0.3) is 0 Å². The Hall–Kier alpha value is -0.820. The number of nitrogens with one attached hydrogen (secondary N) is 1. The summed E-state index contributed by atoms with van der Waals surface area (Å²) in [5.74, 6) is 0.760. The van der Waals surface area contributed by atoms with Crippen LogP contribution in [-0.4, -0.2) is 13.1 Å². The van der Waals surface area contributed by atoms with Gasteiger partial charge in [0.1, 0.15) is 0 Å². The van der Waals surface area contributed by atoms with Crippen molar-refractivity contribution >= 4 is 0 Å². The van der Waals surface area contributed by atoms with Crippen molar-refractivity contribution in [3.63, 3.8) is 0 Å². The number of aryl methyl sites for hydroxylation is 1. The molecule has 0 radical (unpaired) electrons. The van der Waals surface area contributed by atoms with Gasteiger partial charge in [0.15, 0.2) is 0 Å². The molecule has 2 aliphatic rings. The molecule has 1 aromatic carbocycles. The van der Waals surface area contributed by atoms with Gasteiger partial charge < -0.3 is 5.32 Å². The van der Waals surface area contributed by atoms with Crippen molar-refractivity contribution in [2.45, 2.75) is 38.5 Å². The normalized spacial score (nSPS) is 27.7. The Morgan fingerprint density at radius 2 is 1.88 bits per heavy atom. The Bertz CT molecular complexity index is 362. The number of piperidine rings is 1. The van der Waals surface area contributed by atoms with Crippen LogP contribution >= 0.6 is 0 Å². The highest BCUT2D eigenvalue weighted by atomic mass is 14.9. The van der Waals surface area contributed by atoms with Crippen molar-refractivity contribution < 1.29 is 0 Å². The third-order valence-corrected chi connectivity index (χ3v) is 4.72. The summed E-state index contributed by atoms with van der Waals surface area (Å²) in [4.78, 5) is 0. The highest BCUT2D eigenvalue weighted by Gasteiger charge is 2.45. The standard InChI is InChI=1S/C15H21N/c1-12-3-5-13(6-4-12)14-11-16-10-9-15(14)7-2-8-15/h3-6,14,16H,2,7-11H2,1H3. The molecule has 1 aromatic rings. The van der Waals surface area contributed by atoms with Crippen LogP contribution in [0.2, 0.25) is 0 Å². The predicted octanol–water partition coefficient (Wildman–Crippen LogP) is 3.24. The van der Waals surface area contributed by atoms with E-state index in [1.807, 2.05) is 0 Å². The van der Waals surface area contributed by atoms with Gasteiger partial charge in [-0.2, -0.15) is 0 Å². The van der Waals surface area contributed by atoms with Gasteiger partial charge in [0.05, 0.1) is 0 Å². The zero-order valence-electron chi connectivity index (χ0n) is 10.1. The number of hydrogen-bond acceptors (Lipinski definition) is 1. The Kier molecular flexibility index (Phi) is 2.51. The lowest BCUT2D eigenvalue weighted by Crippen LogP contribution is -2.47. The first kappa shape index (κ1) is 10.3. The maximum absolute atomic E-state index is 3.57. The Morgan fingerprint density at radius 1 is 1.12 bits per heavy atom. The highest BCUT2D eigenvalue weighted by molar-refractivity contribution is 5.28. The first-order valence-corrected chi connectivity index (χ1v) is 6.57. The Morgan fingerprint density at radius 3 is 2.50 bits per heavy atom. The van der Waals surface area contributed by atoms with E-state index < -0.39 is 0 Å². The molecule has 1 spiro atoms. The molecule has 1 saturated heterocycles. The third-order valence-electron chi connectivity index (χ3n) is 4.72. The molecule has 1 nitrogen and oxygen atoms in total. The molecule has 1 saturated carbocycles. The van der Waals surface area contributed by atoms with E-state index in [4.69, 9.17) is 0 Å². The smallest absolute Gasteiger partial charge is 0.00255 e. The van der Waals surface area contributed by atoms with E-state index in [1.54, 1.807) is 5.56 Å². The molecule has 0 amide bonds. The molecule has 1 heteroatoms. The minimum atomic E-state index is 0.653. The topological polar surface area (TPSA) is 12.0 Å². The average Bonchev–Trinajstić information content (AvgIpc) is 2.28. The van der Waals surface area contributed by atoms with Crippen molar-refractivity contribution in [2.24, 2.45) is 5.41 Å². The number of hydrogen-bond donors (Lipinski definition) is 1. The summed E-state index contributed by atoms with van der Waals surface area (Å²) in [7, 11) is 0. The summed E-state index contributed by atoms with van der Waals surface area (Å²) in [5.41, 5.74) is 3.58. The van der Waals surface area contributed by atoms with Gasteiger partial charge in [-0.25, -0.2) is 0 Å². The molecular weight excluding hydrogens is 194 g/mol. The quantitative estimate of drug-likeness (QED) is 0.758. The van der Waals surface area contributed by atoms with E-state index in [-0.39, 0.29) is 0 Å². The van der Waals surface area contributed by atoms with Crippen LogP contribution in [0.4, 0.5) is 0 Å². The van der Waals surface area contributed by atoms with Crippen molar-refractivity contribution in [3.8, 4) is 0 Å². The van der Waals surface area contributed by atoms with Gasteiger partial charge in [-0.1, -0.05) is 36.2 Å². The molecule has 86 valence electrons. The summed E-state index contributed by atoms with van der Waals surface area (Å²) in [6.45, 7) is 4.58. The van der Waals surface area contributed by atoms with Crippen molar-refractivity contribution in [2.75, 3.05) is 13.1 Å². The van der Waals surface area contributed by atoms with Crippen molar-refractivity contribution in [1.82, 2.24) is 5.32 Å². The molecule has 2 fully saturated rings. The van der Waals surface area contributed by atoms with E-state index in [9.17, 15) is 0 Å². The Labute approximate surface area is 98.3 Å². The second kappa shape index (κ2) is 3.89. The minimum absolute atomic E-state index is 0.653. The van der Waals surface area contributed by atoms with Crippen LogP contribution in [0.5, 0.6) is 0 Å². The molecule has 1 N–H and O–H groups in total. The van der Waals surface area contributed by atoms with Crippen LogP contribution in [0.25, 0.3) is 0 Å². The van der Waals surface area contributed by atoms with E-state index >= 15 is 0 Å².